The van der Waals surface area contributed by atoms with Crippen molar-refractivity contribution in [1.29, 1.82) is 0 Å². The molecule has 1 aliphatic rings. The molecule has 0 radical (unpaired) electrons. The molecule has 4 atom stereocenters. The van der Waals surface area contributed by atoms with Gasteiger partial charge in [0.15, 0.2) is 0 Å². The van der Waals surface area contributed by atoms with Gasteiger partial charge in [0.25, 0.3) is 5.91 Å². The summed E-state index contributed by atoms with van der Waals surface area (Å²) in [5.41, 5.74) is 5.08. The van der Waals surface area contributed by atoms with Crippen LogP contribution in [0.5, 0.6) is 0 Å². The number of hydroxylamine groups is 2. The summed E-state index contributed by atoms with van der Waals surface area (Å²) in [6.07, 6.45) is -0.315. The fraction of sp³-hybridized carbons (Fsp3) is 0.421. The molecule has 48 heavy (non-hydrogen) atoms. The van der Waals surface area contributed by atoms with Gasteiger partial charge in [0.05, 0.1) is 0 Å². The minimum atomic E-state index is -1.35. The Balaban J connectivity index is 1.43. The van der Waals surface area contributed by atoms with Crippen LogP contribution in [0.1, 0.15) is 70.6 Å². The number of carbonyl (C=O) groups excluding carboxylic acids is 4. The van der Waals surface area contributed by atoms with Crippen molar-refractivity contribution >= 4 is 23.9 Å². The number of carbonyl (C=O) groups is 4. The third-order valence-corrected chi connectivity index (χ3v) is 8.93. The Bertz CT molecular complexity index is 1530. The van der Waals surface area contributed by atoms with Crippen LogP contribution < -0.4 is 10.6 Å². The highest BCUT2D eigenvalue weighted by molar-refractivity contribution is 5.93. The molecule has 0 aliphatic heterocycles. The second-order valence-corrected chi connectivity index (χ2v) is 13.0. The van der Waals surface area contributed by atoms with Crippen LogP contribution in [0.4, 0.5) is 4.79 Å². The summed E-state index contributed by atoms with van der Waals surface area (Å²) in [5.74, 6) is -3.66. The monoisotopic (exact) mass is 657 g/mol. The van der Waals surface area contributed by atoms with Gasteiger partial charge >= 0.3 is 12.1 Å². The maximum atomic E-state index is 13.8. The Hall–Kier alpha value is -4.70. The number of nitrogens with zero attached hydrogens (tertiary/aromatic N) is 1. The first-order valence-electron chi connectivity index (χ1n) is 16.6. The van der Waals surface area contributed by atoms with Crippen LogP contribution in [0.25, 0.3) is 11.1 Å². The highest BCUT2D eigenvalue weighted by Crippen LogP contribution is 2.44. The molecule has 256 valence electrons. The predicted octanol–water partition coefficient (Wildman–Crippen LogP) is 6.07. The molecule has 3 aromatic carbocycles. The van der Waals surface area contributed by atoms with Gasteiger partial charge in [0.1, 0.15) is 31.3 Å². The van der Waals surface area contributed by atoms with E-state index in [0.29, 0.717) is 11.5 Å². The number of hydrogen-bond donors (Lipinski definition) is 3. The second-order valence-electron chi connectivity index (χ2n) is 13.0. The number of ether oxygens (including phenoxy) is 2. The Morgan fingerprint density at radius 2 is 1.31 bits per heavy atom. The zero-order chi connectivity index (χ0) is 35.0. The molecule has 0 saturated heterocycles. The lowest BCUT2D eigenvalue weighted by molar-refractivity contribution is -0.187. The van der Waals surface area contributed by atoms with E-state index in [-0.39, 0.29) is 25.0 Å². The normalized spacial score (nSPS) is 14.7. The Morgan fingerprint density at radius 1 is 0.750 bits per heavy atom. The van der Waals surface area contributed by atoms with E-state index in [1.54, 1.807) is 34.6 Å². The van der Waals surface area contributed by atoms with Gasteiger partial charge in [-0.1, -0.05) is 127 Å². The minimum Gasteiger partial charge on any atom is -0.459 e. The molecule has 10 heteroatoms. The smallest absolute Gasteiger partial charge is 0.407 e. The average molecular weight is 658 g/mol. The van der Waals surface area contributed by atoms with Gasteiger partial charge in [0, 0.05) is 5.92 Å². The van der Waals surface area contributed by atoms with Gasteiger partial charge in [-0.05, 0) is 45.6 Å². The predicted molar refractivity (Wildman–Crippen MR) is 182 cm³/mol. The van der Waals surface area contributed by atoms with E-state index in [1.165, 1.54) is 0 Å². The number of esters is 1. The van der Waals surface area contributed by atoms with E-state index >= 15 is 0 Å². The molecule has 1 aliphatic carbocycles. The van der Waals surface area contributed by atoms with E-state index < -0.39 is 53.8 Å². The maximum Gasteiger partial charge on any atom is 0.407 e. The first kappa shape index (κ1) is 36.1. The molecule has 3 N–H and O–H groups in total. The van der Waals surface area contributed by atoms with Crippen molar-refractivity contribution in [3.05, 3.63) is 95.6 Å². The molecule has 0 fully saturated rings. The molecule has 3 aromatic rings. The van der Waals surface area contributed by atoms with Gasteiger partial charge in [-0.3, -0.25) is 14.8 Å². The van der Waals surface area contributed by atoms with Crippen LogP contribution in [0, 0.1) is 17.8 Å². The largest absolute Gasteiger partial charge is 0.459 e. The number of nitrogens with one attached hydrogen (secondary N) is 2. The zero-order valence-corrected chi connectivity index (χ0v) is 28.5. The van der Waals surface area contributed by atoms with E-state index in [4.69, 9.17) is 9.47 Å². The molecular weight excluding hydrogens is 610 g/mol. The van der Waals surface area contributed by atoms with E-state index in [9.17, 15) is 24.4 Å². The van der Waals surface area contributed by atoms with Crippen molar-refractivity contribution in [2.24, 2.45) is 17.8 Å². The summed E-state index contributed by atoms with van der Waals surface area (Å²) in [6, 6.07) is 21.6. The van der Waals surface area contributed by atoms with Crippen LogP contribution in [-0.2, 0) is 30.5 Å². The zero-order valence-electron chi connectivity index (χ0n) is 28.5. The Labute approximate surface area is 282 Å². The number of rotatable bonds is 14. The molecule has 0 spiro atoms. The summed E-state index contributed by atoms with van der Waals surface area (Å²) in [5, 5.41) is 16.9. The van der Waals surface area contributed by atoms with E-state index in [0.717, 1.165) is 27.8 Å². The number of amides is 3. The number of alkyl carbamates (subject to hydrolysis) is 1. The van der Waals surface area contributed by atoms with Gasteiger partial charge < -0.3 is 20.1 Å². The molecule has 0 heterocycles. The fourth-order valence-corrected chi connectivity index (χ4v) is 5.98. The van der Waals surface area contributed by atoms with E-state index in [1.807, 2.05) is 85.8 Å². The third-order valence-electron chi connectivity index (χ3n) is 8.93. The molecule has 4 rings (SSSR count). The van der Waals surface area contributed by atoms with Crippen molar-refractivity contribution in [3.63, 3.8) is 0 Å². The summed E-state index contributed by atoms with van der Waals surface area (Å²) >= 11 is 0. The summed E-state index contributed by atoms with van der Waals surface area (Å²) in [4.78, 5) is 53.5. The first-order valence-corrected chi connectivity index (χ1v) is 16.6. The quantitative estimate of drug-likeness (QED) is 0.109. The third kappa shape index (κ3) is 8.41. The first-order chi connectivity index (χ1) is 22.9. The standard InChI is InChI=1S/C38H47N3O7/c1-7-25(6)33(40-38(45)48-22-31-29-19-13-11-17-27(29)28-18-12-14-20-30(28)31)36(43)41(46)34(24(4)5)35(42)39-32(23(2)3)37(44)47-21-26-15-9-8-10-16-26/h8-20,23-25,31-34,46H,7,21-22H2,1-6H3,(H,39,42)(H,40,45)/t25-,32-,33-,34-/m0/s1. The van der Waals surface area contributed by atoms with E-state index in [2.05, 4.69) is 10.6 Å². The molecule has 0 saturated carbocycles. The molecule has 0 unspecified atom stereocenters. The number of hydrogen-bond acceptors (Lipinski definition) is 7. The molecular formula is C38H47N3O7. The Kier molecular flexibility index (Phi) is 12.4. The summed E-state index contributed by atoms with van der Waals surface area (Å²) < 4.78 is 11.1. The summed E-state index contributed by atoms with van der Waals surface area (Å²) in [6.45, 7) is 10.6. The number of fused-ring (bicyclic) bond motifs is 3. The van der Waals surface area contributed by atoms with Gasteiger partial charge in [-0.25, -0.2) is 14.7 Å². The lowest BCUT2D eigenvalue weighted by Crippen LogP contribution is -2.59. The van der Waals surface area contributed by atoms with Crippen LogP contribution in [0.15, 0.2) is 78.9 Å². The van der Waals surface area contributed by atoms with Crippen molar-refractivity contribution in [3.8, 4) is 11.1 Å². The van der Waals surface area contributed by atoms with Crippen LogP contribution in [0.3, 0.4) is 0 Å². The molecule has 3 amide bonds. The fourth-order valence-electron chi connectivity index (χ4n) is 5.98. The van der Waals surface area contributed by atoms with Crippen molar-refractivity contribution in [1.82, 2.24) is 15.7 Å². The minimum absolute atomic E-state index is 0.0368. The molecule has 0 bridgehead atoms. The molecule has 10 nitrogen and oxygen atoms in total. The van der Waals surface area contributed by atoms with Crippen LogP contribution in [0.2, 0.25) is 0 Å². The second kappa shape index (κ2) is 16.4. The van der Waals surface area contributed by atoms with Crippen LogP contribution >= 0.6 is 0 Å². The highest BCUT2D eigenvalue weighted by atomic mass is 16.6. The van der Waals surface area contributed by atoms with Gasteiger partial charge in [-0.15, -0.1) is 0 Å². The number of benzene rings is 3. The topological polar surface area (TPSA) is 134 Å². The Morgan fingerprint density at radius 3 is 1.85 bits per heavy atom. The lowest BCUT2D eigenvalue weighted by Gasteiger charge is -2.33. The van der Waals surface area contributed by atoms with Gasteiger partial charge in [0.2, 0.25) is 5.91 Å². The van der Waals surface area contributed by atoms with Crippen molar-refractivity contribution in [2.75, 3.05) is 6.61 Å². The maximum absolute atomic E-state index is 13.8. The average Bonchev–Trinajstić information content (AvgIpc) is 3.40. The van der Waals surface area contributed by atoms with Crippen molar-refractivity contribution < 1.29 is 33.9 Å². The SMILES string of the molecule is CC[C@H](C)[C@H](NC(=O)OCC1c2ccccc2-c2ccccc21)C(=O)N(O)[C@H](C(=O)N[C@H](C(=O)OCc1ccccc1)C(C)C)C(C)C. The summed E-state index contributed by atoms with van der Waals surface area (Å²) in [7, 11) is 0. The van der Waals surface area contributed by atoms with Gasteiger partial charge in [-0.2, -0.15) is 0 Å². The molecule has 0 aromatic heterocycles. The van der Waals surface area contributed by atoms with Crippen LogP contribution in [-0.4, -0.2) is 58.9 Å². The van der Waals surface area contributed by atoms with Crippen molar-refractivity contribution in [2.45, 2.75) is 78.6 Å². The lowest BCUT2D eigenvalue weighted by atomic mass is 9.95. The highest BCUT2D eigenvalue weighted by Gasteiger charge is 2.40.